The molecule has 3 rings (SSSR count). The first-order valence-corrected chi connectivity index (χ1v) is 15.2. The molecule has 40 heavy (non-hydrogen) atoms. The van der Waals surface area contributed by atoms with E-state index in [0.717, 1.165) is 16.1 Å². The molecule has 1 atom stereocenters. The first kappa shape index (κ1) is 30.8. The molecule has 0 spiro atoms. The summed E-state index contributed by atoms with van der Waals surface area (Å²) in [6.45, 7) is 3.21. The standard InChI is InChI=1S/C30H34ClN3O5S/c1-4-16-32-30(37)28(18-23-10-6-5-7-11-23)33(20-24-12-8-14-26(31)17-24)29(36)21-34(40(3,38)39)27-15-9-13-25(19-27)22(2)35/h5-15,17,19,28H,4,16,18,20-21H2,1-3H3,(H,32,37)/t28-/m0/s1. The Morgan fingerprint density at radius 1 is 0.925 bits per heavy atom. The fraction of sp³-hybridized carbons (Fsp3) is 0.300. The van der Waals surface area contributed by atoms with Crippen LogP contribution in [0.25, 0.3) is 0 Å². The summed E-state index contributed by atoms with van der Waals surface area (Å²) in [5.41, 5.74) is 2.03. The van der Waals surface area contributed by atoms with Gasteiger partial charge in [-0.1, -0.05) is 73.1 Å². The number of benzene rings is 3. The second-order valence-corrected chi connectivity index (χ2v) is 11.9. The van der Waals surface area contributed by atoms with Crippen molar-refractivity contribution in [1.82, 2.24) is 10.2 Å². The van der Waals surface area contributed by atoms with Gasteiger partial charge < -0.3 is 10.2 Å². The van der Waals surface area contributed by atoms with Crippen molar-refractivity contribution in [3.05, 3.63) is 101 Å². The van der Waals surface area contributed by atoms with Gasteiger partial charge in [-0.25, -0.2) is 8.42 Å². The second kappa shape index (κ2) is 14.1. The number of carbonyl (C=O) groups is 3. The van der Waals surface area contributed by atoms with Gasteiger partial charge in [-0.15, -0.1) is 0 Å². The van der Waals surface area contributed by atoms with E-state index in [4.69, 9.17) is 11.6 Å². The Hall–Kier alpha value is -3.69. The van der Waals surface area contributed by atoms with Crippen LogP contribution < -0.4 is 9.62 Å². The maximum Gasteiger partial charge on any atom is 0.244 e. The Morgan fingerprint density at radius 2 is 1.60 bits per heavy atom. The molecule has 0 fully saturated rings. The lowest BCUT2D eigenvalue weighted by molar-refractivity contribution is -0.140. The summed E-state index contributed by atoms with van der Waals surface area (Å²) in [4.78, 5) is 40.9. The lowest BCUT2D eigenvalue weighted by Gasteiger charge is -2.33. The fourth-order valence-corrected chi connectivity index (χ4v) is 5.30. The monoisotopic (exact) mass is 583 g/mol. The number of nitrogens with zero attached hydrogens (tertiary/aromatic N) is 2. The van der Waals surface area contributed by atoms with Crippen molar-refractivity contribution in [2.45, 2.75) is 39.3 Å². The van der Waals surface area contributed by atoms with Crippen LogP contribution in [0.5, 0.6) is 0 Å². The molecule has 0 saturated carbocycles. The number of carbonyl (C=O) groups excluding carboxylic acids is 3. The van der Waals surface area contributed by atoms with E-state index < -0.39 is 28.5 Å². The van der Waals surface area contributed by atoms with Crippen LogP contribution in [0.1, 0.15) is 41.8 Å². The predicted molar refractivity (Wildman–Crippen MR) is 158 cm³/mol. The molecule has 8 nitrogen and oxygen atoms in total. The Bertz CT molecular complexity index is 1450. The number of ketones is 1. The Morgan fingerprint density at radius 3 is 2.23 bits per heavy atom. The molecular formula is C30H34ClN3O5S. The van der Waals surface area contributed by atoms with Gasteiger partial charge in [-0.2, -0.15) is 0 Å². The minimum Gasteiger partial charge on any atom is -0.354 e. The zero-order valence-electron chi connectivity index (χ0n) is 22.8. The van der Waals surface area contributed by atoms with Gasteiger partial charge >= 0.3 is 0 Å². The van der Waals surface area contributed by atoms with Crippen LogP contribution in [0.4, 0.5) is 5.69 Å². The minimum absolute atomic E-state index is 0.0293. The van der Waals surface area contributed by atoms with Gasteiger partial charge in [0, 0.05) is 30.1 Å². The number of amides is 2. The average molecular weight is 584 g/mol. The summed E-state index contributed by atoms with van der Waals surface area (Å²) in [6.07, 6.45) is 1.93. The van der Waals surface area contributed by atoms with Crippen LogP contribution >= 0.6 is 11.6 Å². The Labute approximate surface area is 241 Å². The van der Waals surface area contributed by atoms with E-state index in [1.807, 2.05) is 37.3 Å². The number of anilines is 1. The number of hydrogen-bond acceptors (Lipinski definition) is 5. The van der Waals surface area contributed by atoms with Gasteiger partial charge in [0.1, 0.15) is 12.6 Å². The van der Waals surface area contributed by atoms with E-state index in [-0.39, 0.29) is 30.3 Å². The number of halogens is 1. The van der Waals surface area contributed by atoms with Crippen molar-refractivity contribution in [1.29, 1.82) is 0 Å². The van der Waals surface area contributed by atoms with E-state index >= 15 is 0 Å². The second-order valence-electron chi connectivity index (χ2n) is 9.52. The molecular weight excluding hydrogens is 550 g/mol. The first-order chi connectivity index (χ1) is 19.0. The van der Waals surface area contributed by atoms with Gasteiger partial charge in [0.25, 0.3) is 0 Å². The van der Waals surface area contributed by atoms with Crippen LogP contribution in [-0.2, 0) is 32.6 Å². The molecule has 212 valence electrons. The number of nitrogens with one attached hydrogen (secondary N) is 1. The largest absolute Gasteiger partial charge is 0.354 e. The Kier molecular flexibility index (Phi) is 10.9. The highest BCUT2D eigenvalue weighted by Crippen LogP contribution is 2.22. The molecule has 0 aliphatic carbocycles. The van der Waals surface area contributed by atoms with Crippen molar-refractivity contribution < 1.29 is 22.8 Å². The summed E-state index contributed by atoms with van der Waals surface area (Å²) >= 11 is 6.22. The van der Waals surface area contributed by atoms with Crippen molar-refractivity contribution in [3.63, 3.8) is 0 Å². The normalized spacial score (nSPS) is 11.9. The summed E-state index contributed by atoms with van der Waals surface area (Å²) in [5.74, 6) is -1.16. The van der Waals surface area contributed by atoms with Gasteiger partial charge in [-0.3, -0.25) is 18.7 Å². The van der Waals surface area contributed by atoms with Crippen molar-refractivity contribution in [2.75, 3.05) is 23.7 Å². The zero-order valence-corrected chi connectivity index (χ0v) is 24.4. The van der Waals surface area contributed by atoms with E-state index in [0.29, 0.717) is 29.1 Å². The summed E-state index contributed by atoms with van der Waals surface area (Å²) in [7, 11) is -3.93. The smallest absolute Gasteiger partial charge is 0.244 e. The van der Waals surface area contributed by atoms with Gasteiger partial charge in [0.15, 0.2) is 5.78 Å². The number of Topliss-reactive ketones (excluding diaryl/α,β-unsaturated/α-hetero) is 1. The molecule has 3 aromatic carbocycles. The molecule has 0 aliphatic heterocycles. The van der Waals surface area contributed by atoms with Crippen molar-refractivity contribution >= 4 is 44.9 Å². The Balaban J connectivity index is 2.06. The maximum absolute atomic E-state index is 14.0. The third-order valence-corrected chi connectivity index (χ3v) is 7.66. The fourth-order valence-electron chi connectivity index (χ4n) is 4.25. The van der Waals surface area contributed by atoms with Gasteiger partial charge in [0.2, 0.25) is 21.8 Å². The molecule has 0 aromatic heterocycles. The predicted octanol–water partition coefficient (Wildman–Crippen LogP) is 4.47. The van der Waals surface area contributed by atoms with E-state index in [1.54, 1.807) is 36.4 Å². The molecule has 1 N–H and O–H groups in total. The lowest BCUT2D eigenvalue weighted by atomic mass is 10.0. The highest BCUT2D eigenvalue weighted by atomic mass is 35.5. The molecule has 0 saturated heterocycles. The number of hydrogen-bond donors (Lipinski definition) is 1. The van der Waals surface area contributed by atoms with Crippen LogP contribution in [0, 0.1) is 0 Å². The number of sulfonamides is 1. The topological polar surface area (TPSA) is 104 Å². The molecule has 3 aromatic rings. The molecule has 0 radical (unpaired) electrons. The van der Waals surface area contributed by atoms with E-state index in [9.17, 15) is 22.8 Å². The van der Waals surface area contributed by atoms with E-state index in [2.05, 4.69) is 5.32 Å². The van der Waals surface area contributed by atoms with Gasteiger partial charge in [-0.05, 0) is 48.7 Å². The summed E-state index contributed by atoms with van der Waals surface area (Å²) < 4.78 is 26.7. The summed E-state index contributed by atoms with van der Waals surface area (Å²) in [5, 5.41) is 3.36. The molecule has 10 heteroatoms. The lowest BCUT2D eigenvalue weighted by Crippen LogP contribution is -2.53. The highest BCUT2D eigenvalue weighted by Gasteiger charge is 2.33. The zero-order chi connectivity index (χ0) is 29.3. The van der Waals surface area contributed by atoms with Crippen LogP contribution in [0.15, 0.2) is 78.9 Å². The van der Waals surface area contributed by atoms with Crippen LogP contribution in [-0.4, -0.2) is 56.3 Å². The maximum atomic E-state index is 14.0. The third kappa shape index (κ3) is 8.66. The summed E-state index contributed by atoms with van der Waals surface area (Å²) in [6, 6.07) is 21.5. The molecule has 0 unspecified atom stereocenters. The van der Waals surface area contributed by atoms with Gasteiger partial charge in [0.05, 0.1) is 11.9 Å². The quantitative estimate of drug-likeness (QED) is 0.299. The minimum atomic E-state index is -3.93. The van der Waals surface area contributed by atoms with Crippen molar-refractivity contribution in [3.8, 4) is 0 Å². The van der Waals surface area contributed by atoms with E-state index in [1.165, 1.54) is 24.0 Å². The molecule has 0 heterocycles. The molecule has 0 aliphatic rings. The molecule has 0 bridgehead atoms. The highest BCUT2D eigenvalue weighted by molar-refractivity contribution is 7.92. The third-order valence-electron chi connectivity index (χ3n) is 6.28. The SMILES string of the molecule is CCCNC(=O)[C@H](Cc1ccccc1)N(Cc1cccc(Cl)c1)C(=O)CN(c1cccc(C(C)=O)c1)S(C)(=O)=O. The number of rotatable bonds is 13. The first-order valence-electron chi connectivity index (χ1n) is 12.9. The average Bonchev–Trinajstić information content (AvgIpc) is 2.92. The van der Waals surface area contributed by atoms with Crippen LogP contribution in [0.2, 0.25) is 5.02 Å². The van der Waals surface area contributed by atoms with Crippen LogP contribution in [0.3, 0.4) is 0 Å². The molecule has 2 amide bonds. The van der Waals surface area contributed by atoms with Crippen molar-refractivity contribution in [2.24, 2.45) is 0 Å².